The Morgan fingerprint density at radius 3 is 2.91 bits per heavy atom. The molecule has 0 bridgehead atoms. The van der Waals surface area contributed by atoms with Crippen molar-refractivity contribution in [2.45, 2.75) is 13.3 Å². The number of hydrazone groups is 1. The third-order valence-corrected chi connectivity index (χ3v) is 1.75. The topological polar surface area (TPSA) is 64.4 Å². The Hall–Kier alpha value is -1.25. The van der Waals surface area contributed by atoms with Gasteiger partial charge in [0.1, 0.15) is 5.84 Å². The van der Waals surface area contributed by atoms with E-state index in [0.29, 0.717) is 11.8 Å². The van der Waals surface area contributed by atoms with Gasteiger partial charge in [0.2, 0.25) is 0 Å². The summed E-state index contributed by atoms with van der Waals surface area (Å²) in [5, 5.41) is 3.41. The molecule has 1 rings (SSSR count). The SMILES string of the molecule is CC1C=CC(/C(N)=N/N)=CC1. The molecule has 60 valence electrons. The van der Waals surface area contributed by atoms with E-state index in [2.05, 4.69) is 24.2 Å². The van der Waals surface area contributed by atoms with Crippen molar-refractivity contribution in [2.75, 3.05) is 0 Å². The van der Waals surface area contributed by atoms with Gasteiger partial charge < -0.3 is 11.6 Å². The maximum absolute atomic E-state index is 5.50. The molecule has 0 fully saturated rings. The van der Waals surface area contributed by atoms with Gasteiger partial charge >= 0.3 is 0 Å². The minimum atomic E-state index is 0.410. The van der Waals surface area contributed by atoms with Crippen LogP contribution in [0.25, 0.3) is 0 Å². The van der Waals surface area contributed by atoms with E-state index in [9.17, 15) is 0 Å². The van der Waals surface area contributed by atoms with Crippen LogP contribution in [0.2, 0.25) is 0 Å². The molecule has 0 heterocycles. The van der Waals surface area contributed by atoms with Crippen molar-refractivity contribution in [3.63, 3.8) is 0 Å². The monoisotopic (exact) mass is 151 g/mol. The number of hydrogen-bond donors (Lipinski definition) is 2. The van der Waals surface area contributed by atoms with Crippen LogP contribution in [0.15, 0.2) is 28.9 Å². The molecule has 0 saturated heterocycles. The Morgan fingerprint density at radius 2 is 2.45 bits per heavy atom. The summed E-state index contributed by atoms with van der Waals surface area (Å²) in [7, 11) is 0. The normalized spacial score (nSPS) is 25.0. The zero-order chi connectivity index (χ0) is 8.27. The first-order valence-corrected chi connectivity index (χ1v) is 3.66. The van der Waals surface area contributed by atoms with Crippen LogP contribution in [0.4, 0.5) is 0 Å². The third-order valence-electron chi connectivity index (χ3n) is 1.75. The molecule has 1 unspecified atom stereocenters. The fraction of sp³-hybridized carbons (Fsp3) is 0.375. The molecular formula is C8H13N3. The summed E-state index contributed by atoms with van der Waals surface area (Å²) in [6, 6.07) is 0. The van der Waals surface area contributed by atoms with Crippen LogP contribution in [-0.2, 0) is 0 Å². The third kappa shape index (κ3) is 1.83. The zero-order valence-electron chi connectivity index (χ0n) is 6.62. The number of nitrogens with two attached hydrogens (primary N) is 2. The van der Waals surface area contributed by atoms with Crippen molar-refractivity contribution in [3.8, 4) is 0 Å². The van der Waals surface area contributed by atoms with Crippen molar-refractivity contribution in [3.05, 3.63) is 23.8 Å². The first-order chi connectivity index (χ1) is 5.24. The molecule has 1 atom stereocenters. The highest BCUT2D eigenvalue weighted by atomic mass is 15.2. The van der Waals surface area contributed by atoms with Gasteiger partial charge in [-0.25, -0.2) is 0 Å². The molecule has 0 spiro atoms. The van der Waals surface area contributed by atoms with Crippen LogP contribution < -0.4 is 11.6 Å². The van der Waals surface area contributed by atoms with Crippen LogP contribution in [0, 0.1) is 5.92 Å². The van der Waals surface area contributed by atoms with Gasteiger partial charge in [-0.15, -0.1) is 0 Å². The fourth-order valence-electron chi connectivity index (χ4n) is 0.992. The molecule has 0 aliphatic heterocycles. The molecule has 1 aliphatic rings. The van der Waals surface area contributed by atoms with Crippen molar-refractivity contribution in [2.24, 2.45) is 22.6 Å². The Labute approximate surface area is 66.5 Å². The molecule has 0 aromatic rings. The van der Waals surface area contributed by atoms with Gasteiger partial charge in [0.15, 0.2) is 0 Å². The molecule has 0 aromatic heterocycles. The van der Waals surface area contributed by atoms with Crippen molar-refractivity contribution in [1.82, 2.24) is 0 Å². The van der Waals surface area contributed by atoms with E-state index in [0.717, 1.165) is 12.0 Å². The lowest BCUT2D eigenvalue weighted by molar-refractivity contribution is 0.734. The second-order valence-corrected chi connectivity index (χ2v) is 2.75. The van der Waals surface area contributed by atoms with Crippen LogP contribution >= 0.6 is 0 Å². The molecule has 4 N–H and O–H groups in total. The van der Waals surface area contributed by atoms with Crippen LogP contribution in [0.5, 0.6) is 0 Å². The van der Waals surface area contributed by atoms with Crippen LogP contribution in [0.3, 0.4) is 0 Å². The maximum atomic E-state index is 5.50. The molecule has 3 nitrogen and oxygen atoms in total. The quantitative estimate of drug-likeness (QED) is 0.251. The molecule has 1 aliphatic carbocycles. The summed E-state index contributed by atoms with van der Waals surface area (Å²) >= 11 is 0. The Balaban J connectivity index is 2.71. The van der Waals surface area contributed by atoms with E-state index in [1.807, 2.05) is 6.08 Å². The van der Waals surface area contributed by atoms with E-state index in [1.165, 1.54) is 0 Å². The second-order valence-electron chi connectivity index (χ2n) is 2.75. The predicted molar refractivity (Wildman–Crippen MR) is 46.8 cm³/mol. The van der Waals surface area contributed by atoms with Crippen molar-refractivity contribution < 1.29 is 0 Å². The molecule has 11 heavy (non-hydrogen) atoms. The smallest absolute Gasteiger partial charge is 0.149 e. The highest BCUT2D eigenvalue weighted by molar-refractivity contribution is 5.99. The standard InChI is InChI=1S/C8H13N3/c1-6-2-4-7(5-3-6)8(9)11-10/h2,4-6H,3,10H2,1H3,(H2,9,11). The van der Waals surface area contributed by atoms with Gasteiger partial charge in [-0.05, 0) is 12.3 Å². The number of hydrogen-bond acceptors (Lipinski definition) is 2. The summed E-state index contributed by atoms with van der Waals surface area (Å²) in [6.07, 6.45) is 7.13. The first-order valence-electron chi connectivity index (χ1n) is 3.66. The van der Waals surface area contributed by atoms with Gasteiger partial charge in [-0.1, -0.05) is 25.2 Å². The van der Waals surface area contributed by atoms with Gasteiger partial charge in [0.25, 0.3) is 0 Å². The number of allylic oxidation sites excluding steroid dienone is 2. The van der Waals surface area contributed by atoms with Gasteiger partial charge in [-0.3, -0.25) is 0 Å². The number of rotatable bonds is 1. The van der Waals surface area contributed by atoms with E-state index >= 15 is 0 Å². The van der Waals surface area contributed by atoms with E-state index < -0.39 is 0 Å². The summed E-state index contributed by atoms with van der Waals surface area (Å²) in [6.45, 7) is 2.15. The van der Waals surface area contributed by atoms with E-state index in [1.54, 1.807) is 0 Å². The summed E-state index contributed by atoms with van der Waals surface area (Å²) < 4.78 is 0. The Kier molecular flexibility index (Phi) is 2.31. The van der Waals surface area contributed by atoms with Crippen LogP contribution in [-0.4, -0.2) is 5.84 Å². The highest BCUT2D eigenvalue weighted by Crippen LogP contribution is 2.14. The summed E-state index contributed by atoms with van der Waals surface area (Å²) in [4.78, 5) is 0. The first kappa shape index (κ1) is 7.85. The Bertz CT molecular complexity index is 225. The van der Waals surface area contributed by atoms with Crippen LogP contribution in [0.1, 0.15) is 13.3 Å². The summed E-state index contributed by atoms with van der Waals surface area (Å²) in [5.74, 6) is 6.04. The van der Waals surface area contributed by atoms with Crippen molar-refractivity contribution >= 4 is 5.84 Å². The largest absolute Gasteiger partial charge is 0.382 e. The molecular weight excluding hydrogens is 138 g/mol. The lowest BCUT2D eigenvalue weighted by Crippen LogP contribution is -2.17. The summed E-state index contributed by atoms with van der Waals surface area (Å²) in [5.41, 5.74) is 6.43. The fourth-order valence-corrected chi connectivity index (χ4v) is 0.992. The lowest BCUT2D eigenvalue weighted by Gasteiger charge is -2.09. The second kappa shape index (κ2) is 3.23. The highest BCUT2D eigenvalue weighted by Gasteiger charge is 2.05. The average Bonchev–Trinajstić information content (AvgIpc) is 2.05. The lowest BCUT2D eigenvalue weighted by atomic mass is 9.98. The van der Waals surface area contributed by atoms with Gasteiger partial charge in [0, 0.05) is 5.57 Å². The van der Waals surface area contributed by atoms with E-state index in [4.69, 9.17) is 11.6 Å². The molecule has 3 heteroatoms. The number of amidine groups is 1. The van der Waals surface area contributed by atoms with Gasteiger partial charge in [-0.2, -0.15) is 5.10 Å². The number of nitrogens with zero attached hydrogens (tertiary/aromatic N) is 1. The minimum absolute atomic E-state index is 0.410. The van der Waals surface area contributed by atoms with Gasteiger partial charge in [0.05, 0.1) is 0 Å². The molecule has 0 radical (unpaired) electrons. The predicted octanol–water partition coefficient (Wildman–Crippen LogP) is 0.740. The molecule has 0 aromatic carbocycles. The molecule has 0 amide bonds. The van der Waals surface area contributed by atoms with Crippen molar-refractivity contribution in [1.29, 1.82) is 0 Å². The van der Waals surface area contributed by atoms with E-state index in [-0.39, 0.29) is 0 Å². The minimum Gasteiger partial charge on any atom is -0.382 e. The Morgan fingerprint density at radius 1 is 1.73 bits per heavy atom. The maximum Gasteiger partial charge on any atom is 0.149 e. The molecule has 0 saturated carbocycles. The zero-order valence-corrected chi connectivity index (χ0v) is 6.62. The average molecular weight is 151 g/mol.